The van der Waals surface area contributed by atoms with E-state index < -0.39 is 11.5 Å². The Morgan fingerprint density at radius 3 is 1.86 bits per heavy atom. The van der Waals surface area contributed by atoms with Crippen LogP contribution >= 0.6 is 0 Å². The molecular formula is C30H32N4O3. The fourth-order valence-electron chi connectivity index (χ4n) is 5.62. The molecule has 0 unspecified atom stereocenters. The molecule has 2 aliphatic heterocycles. The van der Waals surface area contributed by atoms with Gasteiger partial charge in [0, 0.05) is 25.8 Å². The number of para-hydroxylation sites is 1. The average Bonchev–Trinajstić information content (AvgIpc) is 3.21. The fourth-order valence-corrected chi connectivity index (χ4v) is 5.62. The van der Waals surface area contributed by atoms with E-state index in [1.54, 1.807) is 11.9 Å². The summed E-state index contributed by atoms with van der Waals surface area (Å²) in [5.41, 5.74) is 2.08. The number of likely N-dealkylation sites (tertiary alicyclic amines) is 1. The third-order valence-electron chi connectivity index (χ3n) is 7.61. The first-order chi connectivity index (χ1) is 18.0. The number of likely N-dealkylation sites (N-methyl/N-ethyl adjacent to an activating group) is 1. The minimum atomic E-state index is -0.777. The van der Waals surface area contributed by atoms with E-state index in [0.717, 1.165) is 16.8 Å². The van der Waals surface area contributed by atoms with Gasteiger partial charge in [-0.15, -0.1) is 0 Å². The lowest BCUT2D eigenvalue weighted by Gasteiger charge is -2.44. The highest BCUT2D eigenvalue weighted by Gasteiger charge is 2.54. The van der Waals surface area contributed by atoms with Gasteiger partial charge in [0.1, 0.15) is 12.1 Å². The average molecular weight is 497 g/mol. The van der Waals surface area contributed by atoms with E-state index in [0.29, 0.717) is 32.6 Å². The molecule has 0 bridgehead atoms. The zero-order chi connectivity index (χ0) is 25.8. The highest BCUT2D eigenvalue weighted by atomic mass is 16.2. The minimum absolute atomic E-state index is 0.0210. The first-order valence-electron chi connectivity index (χ1n) is 12.7. The van der Waals surface area contributed by atoms with Crippen molar-refractivity contribution in [3.05, 3.63) is 102 Å². The number of hydrogen-bond donors (Lipinski definition) is 1. The largest absolute Gasteiger partial charge is 0.358 e. The van der Waals surface area contributed by atoms with Crippen molar-refractivity contribution in [3.63, 3.8) is 0 Å². The molecule has 7 nitrogen and oxygen atoms in total. The van der Waals surface area contributed by atoms with Gasteiger partial charge in [-0.2, -0.15) is 0 Å². The van der Waals surface area contributed by atoms with Crippen LogP contribution in [-0.2, 0) is 14.4 Å². The number of nitrogens with one attached hydrogen (secondary N) is 1. The van der Waals surface area contributed by atoms with Crippen LogP contribution in [-0.4, -0.2) is 66.4 Å². The van der Waals surface area contributed by atoms with E-state index in [1.807, 2.05) is 95.9 Å². The Labute approximate surface area is 217 Å². The molecule has 2 heterocycles. The third-order valence-corrected chi connectivity index (χ3v) is 7.61. The van der Waals surface area contributed by atoms with E-state index in [9.17, 15) is 14.4 Å². The van der Waals surface area contributed by atoms with E-state index >= 15 is 0 Å². The summed E-state index contributed by atoms with van der Waals surface area (Å²) < 4.78 is 0. The summed E-state index contributed by atoms with van der Waals surface area (Å²) in [6, 6.07) is 29.6. The number of anilines is 1. The minimum Gasteiger partial charge on any atom is -0.358 e. The number of benzene rings is 3. The standard InChI is InChI=1S/C30H32N4O3/c1-31-26(35)21-33-22-34(25-15-9-4-10-16-25)30(29(33)37)17-19-32(20-18-30)28(36)27(23-11-5-2-6-12-23)24-13-7-3-8-14-24/h2-16,27H,17-22H2,1H3,(H,31,35). The Kier molecular flexibility index (Phi) is 6.95. The summed E-state index contributed by atoms with van der Waals surface area (Å²) in [4.78, 5) is 45.5. The summed E-state index contributed by atoms with van der Waals surface area (Å²) in [5, 5.41) is 2.62. The van der Waals surface area contributed by atoms with Crippen molar-refractivity contribution in [1.29, 1.82) is 0 Å². The van der Waals surface area contributed by atoms with E-state index in [1.165, 1.54) is 0 Å². The van der Waals surface area contributed by atoms with Crippen LogP contribution in [0.5, 0.6) is 0 Å². The SMILES string of the molecule is CNC(=O)CN1CN(c2ccccc2)C2(CCN(C(=O)C(c3ccccc3)c3ccccc3)CC2)C1=O. The van der Waals surface area contributed by atoms with Gasteiger partial charge in [0.2, 0.25) is 11.8 Å². The smallest absolute Gasteiger partial charge is 0.250 e. The van der Waals surface area contributed by atoms with Crippen molar-refractivity contribution in [2.75, 3.05) is 38.3 Å². The Morgan fingerprint density at radius 1 is 0.838 bits per heavy atom. The molecule has 0 aliphatic carbocycles. The maximum atomic E-state index is 13.9. The van der Waals surface area contributed by atoms with Gasteiger partial charge in [-0.3, -0.25) is 14.4 Å². The number of amides is 3. The predicted octanol–water partition coefficient (Wildman–Crippen LogP) is 3.23. The van der Waals surface area contributed by atoms with E-state index in [-0.39, 0.29) is 24.3 Å². The first-order valence-corrected chi connectivity index (χ1v) is 12.7. The molecule has 0 aromatic heterocycles. The lowest BCUT2D eigenvalue weighted by Crippen LogP contribution is -2.58. The summed E-state index contributed by atoms with van der Waals surface area (Å²) >= 11 is 0. The molecule has 2 fully saturated rings. The summed E-state index contributed by atoms with van der Waals surface area (Å²) in [5.74, 6) is -0.591. The second kappa shape index (κ2) is 10.5. The number of nitrogens with zero attached hydrogens (tertiary/aromatic N) is 3. The Bertz CT molecular complexity index is 1200. The number of carbonyl (C=O) groups excluding carboxylic acids is 3. The first kappa shape index (κ1) is 24.6. The van der Waals surface area contributed by atoms with Crippen LogP contribution in [0.25, 0.3) is 0 Å². The zero-order valence-corrected chi connectivity index (χ0v) is 21.0. The van der Waals surface area contributed by atoms with Crippen molar-refractivity contribution < 1.29 is 14.4 Å². The number of piperidine rings is 1. The van der Waals surface area contributed by atoms with Gasteiger partial charge >= 0.3 is 0 Å². The predicted molar refractivity (Wildman–Crippen MR) is 143 cm³/mol. The molecule has 3 aromatic carbocycles. The summed E-state index contributed by atoms with van der Waals surface area (Å²) in [6.45, 7) is 1.31. The highest BCUT2D eigenvalue weighted by molar-refractivity contribution is 5.96. The van der Waals surface area contributed by atoms with Crippen LogP contribution in [0.2, 0.25) is 0 Å². The van der Waals surface area contributed by atoms with Gasteiger partial charge in [0.05, 0.1) is 12.6 Å². The Hall–Kier alpha value is -4.13. The maximum absolute atomic E-state index is 13.9. The molecule has 7 heteroatoms. The molecule has 0 atom stereocenters. The van der Waals surface area contributed by atoms with Gasteiger partial charge in [0.25, 0.3) is 5.91 Å². The molecule has 2 aliphatic rings. The van der Waals surface area contributed by atoms with Crippen molar-refractivity contribution >= 4 is 23.4 Å². The molecule has 0 radical (unpaired) electrons. The summed E-state index contributed by atoms with van der Waals surface area (Å²) in [7, 11) is 1.58. The number of rotatable bonds is 6. The molecule has 2 saturated heterocycles. The van der Waals surface area contributed by atoms with Crippen molar-refractivity contribution in [2.24, 2.45) is 0 Å². The molecule has 37 heavy (non-hydrogen) atoms. The molecule has 0 saturated carbocycles. The molecule has 3 amide bonds. The second-order valence-electron chi connectivity index (χ2n) is 9.69. The van der Waals surface area contributed by atoms with Gasteiger partial charge in [0.15, 0.2) is 0 Å². The third kappa shape index (κ3) is 4.69. The molecule has 1 N–H and O–H groups in total. The van der Waals surface area contributed by atoms with Crippen molar-refractivity contribution in [1.82, 2.24) is 15.1 Å². The van der Waals surface area contributed by atoms with Gasteiger partial charge in [-0.05, 0) is 36.1 Å². The maximum Gasteiger partial charge on any atom is 0.250 e. The normalized spacial score (nSPS) is 16.9. The van der Waals surface area contributed by atoms with E-state index in [4.69, 9.17) is 0 Å². The molecule has 5 rings (SSSR count). The van der Waals surface area contributed by atoms with Crippen LogP contribution in [0, 0.1) is 0 Å². The topological polar surface area (TPSA) is 73.0 Å². The van der Waals surface area contributed by atoms with Gasteiger partial charge in [-0.25, -0.2) is 0 Å². The zero-order valence-electron chi connectivity index (χ0n) is 21.0. The Balaban J connectivity index is 1.41. The molecule has 1 spiro atoms. The molecule has 190 valence electrons. The van der Waals surface area contributed by atoms with Crippen LogP contribution in [0.4, 0.5) is 5.69 Å². The van der Waals surface area contributed by atoms with Crippen LogP contribution in [0.15, 0.2) is 91.0 Å². The summed E-state index contributed by atoms with van der Waals surface area (Å²) in [6.07, 6.45) is 1.01. The lowest BCUT2D eigenvalue weighted by atomic mass is 9.83. The monoisotopic (exact) mass is 496 g/mol. The number of carbonyl (C=O) groups is 3. The lowest BCUT2D eigenvalue weighted by molar-refractivity contribution is -0.140. The second-order valence-corrected chi connectivity index (χ2v) is 9.69. The van der Waals surface area contributed by atoms with Crippen LogP contribution in [0.1, 0.15) is 29.9 Å². The Morgan fingerprint density at radius 2 is 1.35 bits per heavy atom. The van der Waals surface area contributed by atoms with E-state index in [2.05, 4.69) is 10.2 Å². The van der Waals surface area contributed by atoms with Crippen LogP contribution in [0.3, 0.4) is 0 Å². The quantitative estimate of drug-likeness (QED) is 0.569. The van der Waals surface area contributed by atoms with Gasteiger partial charge in [-0.1, -0.05) is 78.9 Å². The molecule has 3 aromatic rings. The van der Waals surface area contributed by atoms with Crippen molar-refractivity contribution in [3.8, 4) is 0 Å². The molecular weight excluding hydrogens is 464 g/mol. The van der Waals surface area contributed by atoms with Crippen LogP contribution < -0.4 is 10.2 Å². The highest BCUT2D eigenvalue weighted by Crippen LogP contribution is 2.40. The fraction of sp³-hybridized carbons (Fsp3) is 0.300. The number of hydrogen-bond acceptors (Lipinski definition) is 4. The van der Waals surface area contributed by atoms with Gasteiger partial charge < -0.3 is 20.0 Å². The van der Waals surface area contributed by atoms with Crippen molar-refractivity contribution in [2.45, 2.75) is 24.3 Å².